The number of hydrogen-bond donors (Lipinski definition) is 0. The van der Waals surface area contributed by atoms with Gasteiger partial charge in [0.25, 0.3) is 10.0 Å². The van der Waals surface area contributed by atoms with Crippen molar-refractivity contribution in [1.29, 1.82) is 0 Å². The lowest BCUT2D eigenvalue weighted by Crippen LogP contribution is -2.29. The Bertz CT molecular complexity index is 522. The summed E-state index contributed by atoms with van der Waals surface area (Å²) < 4.78 is 25.1. The molecule has 2 rings (SSSR count). The third kappa shape index (κ3) is 1.41. The van der Waals surface area contributed by atoms with Crippen LogP contribution in [-0.2, 0) is 16.4 Å². The first-order valence-corrected chi connectivity index (χ1v) is 6.01. The average Bonchev–Trinajstić information content (AvgIpc) is 2.23. The Hall–Kier alpha value is -1.43. The molecule has 2 heterocycles. The van der Waals surface area contributed by atoms with Crippen LogP contribution in [0.25, 0.3) is 0 Å². The highest BCUT2D eigenvalue weighted by Gasteiger charge is 2.28. The van der Waals surface area contributed by atoms with E-state index in [0.29, 0.717) is 17.8 Å². The summed E-state index contributed by atoms with van der Waals surface area (Å²) in [7, 11) is -1.98. The lowest BCUT2D eigenvalue weighted by molar-refractivity contribution is 0.551. The van der Waals surface area contributed by atoms with Crippen molar-refractivity contribution in [2.45, 2.75) is 18.2 Å². The van der Waals surface area contributed by atoms with Crippen LogP contribution < -0.4 is 0 Å². The third-order valence-electron chi connectivity index (χ3n) is 2.29. The fourth-order valence-electron chi connectivity index (χ4n) is 1.46. The summed E-state index contributed by atoms with van der Waals surface area (Å²) in [5, 5.41) is 0. The van der Waals surface area contributed by atoms with Gasteiger partial charge in [0.2, 0.25) is 0 Å². The molecule has 0 aromatic carbocycles. The molecule has 0 aliphatic carbocycles. The smallest absolute Gasteiger partial charge is 0.260 e. The number of sulfonamides is 1. The number of aryl methyl sites for hydroxylation is 1. The molecular weight excluding hydrogens is 214 g/mol. The molecule has 1 aliphatic rings. The monoisotopic (exact) mass is 225 g/mol. The number of rotatable bonds is 1. The van der Waals surface area contributed by atoms with Crippen LogP contribution >= 0.6 is 0 Å². The molecule has 0 N–H and O–H groups in total. The number of aromatic nitrogens is 1. The van der Waals surface area contributed by atoms with Crippen molar-refractivity contribution in [3.05, 3.63) is 18.0 Å². The largest absolute Gasteiger partial charge is 0.268 e. The Morgan fingerprint density at radius 2 is 2.20 bits per heavy atom. The van der Waals surface area contributed by atoms with Gasteiger partial charge < -0.3 is 0 Å². The van der Waals surface area contributed by atoms with Crippen molar-refractivity contribution in [1.82, 2.24) is 9.29 Å². The van der Waals surface area contributed by atoms with E-state index in [1.807, 2.05) is 6.92 Å². The van der Waals surface area contributed by atoms with Crippen LogP contribution in [0.15, 0.2) is 22.2 Å². The van der Waals surface area contributed by atoms with Gasteiger partial charge in [-0.1, -0.05) is 6.92 Å². The first-order chi connectivity index (χ1) is 7.07. The lowest BCUT2D eigenvalue weighted by Gasteiger charge is -2.21. The van der Waals surface area contributed by atoms with Gasteiger partial charge in [0.1, 0.15) is 11.2 Å². The summed E-state index contributed by atoms with van der Waals surface area (Å²) in [6.45, 7) is 1.87. The molecule has 5 nitrogen and oxygen atoms in total. The SMILES string of the molecule is CCc1nccc2c1S(=O)(=O)N(C)C=N2. The molecular formula is C9H11N3O2S. The summed E-state index contributed by atoms with van der Waals surface area (Å²) >= 11 is 0. The van der Waals surface area contributed by atoms with Gasteiger partial charge >= 0.3 is 0 Å². The van der Waals surface area contributed by atoms with E-state index in [2.05, 4.69) is 9.98 Å². The minimum atomic E-state index is -3.44. The zero-order chi connectivity index (χ0) is 11.1. The highest BCUT2D eigenvalue weighted by molar-refractivity contribution is 7.89. The highest BCUT2D eigenvalue weighted by atomic mass is 32.2. The summed E-state index contributed by atoms with van der Waals surface area (Å²) in [6, 6.07) is 1.61. The first-order valence-electron chi connectivity index (χ1n) is 4.57. The lowest BCUT2D eigenvalue weighted by atomic mass is 10.2. The second-order valence-corrected chi connectivity index (χ2v) is 5.16. The summed E-state index contributed by atoms with van der Waals surface area (Å²) in [6.07, 6.45) is 3.46. The zero-order valence-electron chi connectivity index (χ0n) is 8.51. The van der Waals surface area contributed by atoms with Gasteiger partial charge in [-0.15, -0.1) is 0 Å². The number of fused-ring (bicyclic) bond motifs is 1. The quantitative estimate of drug-likeness (QED) is 0.714. The third-order valence-corrected chi connectivity index (χ3v) is 4.10. The van der Waals surface area contributed by atoms with Crippen molar-refractivity contribution in [3.8, 4) is 0 Å². The van der Waals surface area contributed by atoms with Crippen molar-refractivity contribution in [2.75, 3.05) is 7.05 Å². The Morgan fingerprint density at radius 1 is 1.47 bits per heavy atom. The van der Waals surface area contributed by atoms with Gasteiger partial charge in [-0.3, -0.25) is 9.29 Å². The molecule has 0 bridgehead atoms. The molecule has 0 fully saturated rings. The Kier molecular flexibility index (Phi) is 2.22. The fraction of sp³-hybridized carbons (Fsp3) is 0.333. The van der Waals surface area contributed by atoms with E-state index in [4.69, 9.17) is 0 Å². The van der Waals surface area contributed by atoms with E-state index >= 15 is 0 Å². The van der Waals surface area contributed by atoms with Gasteiger partial charge in [-0.25, -0.2) is 13.4 Å². The molecule has 15 heavy (non-hydrogen) atoms. The van der Waals surface area contributed by atoms with E-state index in [1.165, 1.54) is 13.4 Å². The second kappa shape index (κ2) is 3.30. The Morgan fingerprint density at radius 3 is 2.87 bits per heavy atom. The van der Waals surface area contributed by atoms with Crippen LogP contribution in [0.5, 0.6) is 0 Å². The van der Waals surface area contributed by atoms with Crippen molar-refractivity contribution >= 4 is 22.0 Å². The van der Waals surface area contributed by atoms with Gasteiger partial charge in [0, 0.05) is 13.2 Å². The molecule has 0 amide bonds. The molecule has 80 valence electrons. The number of aliphatic imine (C=N–C) groups is 1. The molecule has 1 aromatic heterocycles. The zero-order valence-corrected chi connectivity index (χ0v) is 9.32. The molecule has 0 unspecified atom stereocenters. The molecule has 0 atom stereocenters. The van der Waals surface area contributed by atoms with Crippen molar-refractivity contribution in [2.24, 2.45) is 4.99 Å². The normalized spacial score (nSPS) is 17.6. The van der Waals surface area contributed by atoms with E-state index in [-0.39, 0.29) is 4.90 Å². The minimum Gasteiger partial charge on any atom is -0.260 e. The number of pyridine rings is 1. The molecule has 1 aromatic rings. The standard InChI is InChI=1S/C9H11N3O2S/c1-3-7-9-8(4-5-10-7)11-6-12(2)15(9,13)14/h4-6H,3H2,1-2H3. The molecule has 0 saturated carbocycles. The Balaban J connectivity index is 2.79. The van der Waals surface area contributed by atoms with E-state index in [9.17, 15) is 8.42 Å². The Labute approximate surface area is 88.5 Å². The van der Waals surface area contributed by atoms with Crippen molar-refractivity contribution in [3.63, 3.8) is 0 Å². The van der Waals surface area contributed by atoms with E-state index in [1.54, 1.807) is 12.3 Å². The van der Waals surface area contributed by atoms with Crippen LogP contribution in [0.4, 0.5) is 5.69 Å². The van der Waals surface area contributed by atoms with Crippen LogP contribution in [0.2, 0.25) is 0 Å². The van der Waals surface area contributed by atoms with E-state index < -0.39 is 10.0 Å². The highest BCUT2D eigenvalue weighted by Crippen LogP contribution is 2.31. The number of nitrogens with zero attached hydrogens (tertiary/aromatic N) is 3. The summed E-state index contributed by atoms with van der Waals surface area (Å²) in [5.41, 5.74) is 1.04. The molecule has 1 aliphatic heterocycles. The van der Waals surface area contributed by atoms with Gasteiger partial charge in [-0.05, 0) is 12.5 Å². The topological polar surface area (TPSA) is 62.6 Å². The molecule has 0 saturated heterocycles. The predicted octanol–water partition coefficient (Wildman–Crippen LogP) is 0.938. The molecule has 0 spiro atoms. The van der Waals surface area contributed by atoms with Crippen LogP contribution in [-0.4, -0.2) is 31.1 Å². The molecule has 0 radical (unpaired) electrons. The molecule has 6 heteroatoms. The van der Waals surface area contributed by atoms with Crippen LogP contribution in [0, 0.1) is 0 Å². The van der Waals surface area contributed by atoms with E-state index in [0.717, 1.165) is 4.31 Å². The van der Waals surface area contributed by atoms with Gasteiger partial charge in [0.15, 0.2) is 0 Å². The fourth-order valence-corrected chi connectivity index (χ4v) is 2.80. The maximum absolute atomic E-state index is 12.0. The summed E-state index contributed by atoms with van der Waals surface area (Å²) in [5.74, 6) is 0. The maximum Gasteiger partial charge on any atom is 0.268 e. The second-order valence-electron chi connectivity index (χ2n) is 3.23. The van der Waals surface area contributed by atoms with Crippen LogP contribution in [0.3, 0.4) is 0 Å². The minimum absolute atomic E-state index is 0.234. The van der Waals surface area contributed by atoms with Gasteiger partial charge in [0.05, 0.1) is 11.4 Å². The maximum atomic E-state index is 12.0. The van der Waals surface area contributed by atoms with Crippen molar-refractivity contribution < 1.29 is 8.42 Å². The van der Waals surface area contributed by atoms with Crippen LogP contribution in [0.1, 0.15) is 12.6 Å². The van der Waals surface area contributed by atoms with Gasteiger partial charge in [-0.2, -0.15) is 0 Å². The average molecular weight is 225 g/mol. The first kappa shape index (κ1) is 10.1. The predicted molar refractivity (Wildman–Crippen MR) is 56.7 cm³/mol. The number of hydrogen-bond acceptors (Lipinski definition) is 4. The summed E-state index contributed by atoms with van der Waals surface area (Å²) in [4.78, 5) is 8.35.